The zero-order valence-electron chi connectivity index (χ0n) is 16.8. The first-order valence-corrected chi connectivity index (χ1v) is 10.8. The van der Waals surface area contributed by atoms with Gasteiger partial charge in [0.05, 0.1) is 18.6 Å². The first kappa shape index (κ1) is 20.2. The summed E-state index contributed by atoms with van der Waals surface area (Å²) in [6, 6.07) is 14.4. The molecule has 0 saturated heterocycles. The number of methoxy groups -OCH3 is 1. The summed E-state index contributed by atoms with van der Waals surface area (Å²) in [7, 11) is 1.58. The fourth-order valence-electron chi connectivity index (χ4n) is 3.39. The first-order chi connectivity index (χ1) is 14.6. The predicted molar refractivity (Wildman–Crippen MR) is 120 cm³/mol. The molecule has 0 saturated carbocycles. The van der Waals surface area contributed by atoms with E-state index >= 15 is 0 Å². The Morgan fingerprint density at radius 2 is 2.07 bits per heavy atom. The van der Waals surface area contributed by atoms with Crippen molar-refractivity contribution < 1.29 is 14.3 Å². The van der Waals surface area contributed by atoms with Gasteiger partial charge >= 0.3 is 0 Å². The summed E-state index contributed by atoms with van der Waals surface area (Å²) in [5.74, 6) is 1.14. The topological polar surface area (TPSA) is 83.4 Å². The molecule has 2 amide bonds. The normalized spacial score (nSPS) is 17.1. The molecule has 2 heterocycles. The number of nitrogens with zero attached hydrogens (tertiary/aromatic N) is 3. The molecule has 2 aliphatic rings. The van der Waals surface area contributed by atoms with Crippen molar-refractivity contribution >= 4 is 46.0 Å². The van der Waals surface area contributed by atoms with Gasteiger partial charge in [-0.25, -0.2) is 9.89 Å². The number of hydrogen-bond donors (Lipinski definition) is 1. The summed E-state index contributed by atoms with van der Waals surface area (Å²) in [6.07, 6.45) is 1.56. The smallest absolute Gasteiger partial charge is 0.259 e. The molecule has 0 fully saturated rings. The Hall–Kier alpha value is -3.13. The average molecular weight is 423 g/mol. The van der Waals surface area contributed by atoms with Crippen LogP contribution in [0.2, 0.25) is 0 Å². The third-order valence-electron chi connectivity index (χ3n) is 4.80. The van der Waals surface area contributed by atoms with Crippen LogP contribution in [0.5, 0.6) is 5.75 Å². The molecule has 0 spiro atoms. The molecule has 7 nitrogen and oxygen atoms in total. The van der Waals surface area contributed by atoms with E-state index in [0.717, 1.165) is 17.7 Å². The zero-order chi connectivity index (χ0) is 21.1. The highest BCUT2D eigenvalue weighted by atomic mass is 32.2. The summed E-state index contributed by atoms with van der Waals surface area (Å²) in [4.78, 5) is 36.3. The number of benzene rings is 2. The molecule has 1 atom stereocenters. The van der Waals surface area contributed by atoms with E-state index in [-0.39, 0.29) is 17.6 Å². The largest absolute Gasteiger partial charge is 0.497 e. The molecule has 4 rings (SSSR count). The minimum atomic E-state index is -0.396. The number of rotatable bonds is 6. The number of carbonyl (C=O) groups excluding carboxylic acids is 2. The number of thioether (sulfide) groups is 1. The van der Waals surface area contributed by atoms with E-state index in [4.69, 9.17) is 4.74 Å². The number of amidine groups is 2. The average Bonchev–Trinajstić information content (AvgIpc) is 3.09. The number of anilines is 1. The van der Waals surface area contributed by atoms with Crippen LogP contribution in [-0.4, -0.2) is 46.6 Å². The molecule has 1 N–H and O–H groups in total. The van der Waals surface area contributed by atoms with Gasteiger partial charge in [-0.05, 0) is 30.7 Å². The summed E-state index contributed by atoms with van der Waals surface area (Å²) in [5, 5.41) is 3.33. The van der Waals surface area contributed by atoms with E-state index in [9.17, 15) is 9.59 Å². The summed E-state index contributed by atoms with van der Waals surface area (Å²) >= 11 is 1.23. The van der Waals surface area contributed by atoms with Crippen LogP contribution < -0.4 is 10.1 Å². The molecule has 30 heavy (non-hydrogen) atoms. The lowest BCUT2D eigenvalue weighted by molar-refractivity contribution is -0.124. The van der Waals surface area contributed by atoms with Crippen molar-refractivity contribution in [2.45, 2.75) is 25.8 Å². The second-order valence-corrected chi connectivity index (χ2v) is 7.85. The van der Waals surface area contributed by atoms with Crippen molar-refractivity contribution in [3.8, 4) is 5.75 Å². The zero-order valence-corrected chi connectivity index (χ0v) is 17.6. The Kier molecular flexibility index (Phi) is 5.85. The molecule has 2 aliphatic heterocycles. The summed E-state index contributed by atoms with van der Waals surface area (Å²) in [5.41, 5.74) is 2.25. The van der Waals surface area contributed by atoms with Crippen LogP contribution in [0.1, 0.15) is 25.3 Å². The van der Waals surface area contributed by atoms with E-state index in [0.29, 0.717) is 28.9 Å². The van der Waals surface area contributed by atoms with E-state index in [1.807, 2.05) is 43.3 Å². The number of carbonyl (C=O) groups is 2. The Morgan fingerprint density at radius 3 is 2.87 bits per heavy atom. The molecular formula is C22H22N4O3S. The standard InChI is InChI=1S/C22H22N4O3S/c1-3-7-18-21(28)26-20(24-18)16-10-4-5-11-17(16)25-22(26)30-13-19(27)23-14-8-6-9-15(12-14)29-2/h4-6,8-12,18H,3,7,13H2,1-2H3,(H,23,27). The maximum absolute atomic E-state index is 13.0. The Bertz CT molecular complexity index is 1050. The highest BCUT2D eigenvalue weighted by Crippen LogP contribution is 2.34. The number of aliphatic imine (C=N–C) groups is 2. The summed E-state index contributed by atoms with van der Waals surface area (Å²) in [6.45, 7) is 2.03. The third kappa shape index (κ3) is 3.95. The highest BCUT2D eigenvalue weighted by molar-refractivity contribution is 8.14. The molecule has 1 unspecified atom stereocenters. The van der Waals surface area contributed by atoms with E-state index in [1.54, 1.807) is 24.1 Å². The van der Waals surface area contributed by atoms with Crippen molar-refractivity contribution in [1.82, 2.24) is 4.90 Å². The lowest BCUT2D eigenvalue weighted by Gasteiger charge is -2.25. The Morgan fingerprint density at radius 1 is 1.23 bits per heavy atom. The molecule has 2 aromatic rings. The second-order valence-electron chi connectivity index (χ2n) is 6.91. The fourth-order valence-corrected chi connectivity index (χ4v) is 4.19. The molecule has 0 aromatic heterocycles. The number of nitrogens with one attached hydrogen (secondary N) is 1. The van der Waals surface area contributed by atoms with Gasteiger partial charge in [0, 0.05) is 17.3 Å². The quantitative estimate of drug-likeness (QED) is 0.767. The minimum Gasteiger partial charge on any atom is -0.497 e. The Labute approximate surface area is 179 Å². The number of para-hydroxylation sites is 1. The fraction of sp³-hybridized carbons (Fsp3) is 0.273. The van der Waals surface area contributed by atoms with Gasteiger partial charge in [0.15, 0.2) is 5.17 Å². The van der Waals surface area contributed by atoms with Crippen molar-refractivity contribution in [2.75, 3.05) is 18.2 Å². The molecule has 0 aliphatic carbocycles. The monoisotopic (exact) mass is 422 g/mol. The van der Waals surface area contributed by atoms with E-state index in [2.05, 4.69) is 15.3 Å². The molecular weight excluding hydrogens is 400 g/mol. The maximum atomic E-state index is 13.0. The molecule has 8 heteroatoms. The molecule has 0 radical (unpaired) electrons. The first-order valence-electron chi connectivity index (χ1n) is 9.77. The van der Waals surface area contributed by atoms with Crippen LogP contribution in [0, 0.1) is 0 Å². The van der Waals surface area contributed by atoms with E-state index in [1.165, 1.54) is 11.8 Å². The second kappa shape index (κ2) is 8.71. The van der Waals surface area contributed by atoms with Gasteiger partial charge in [-0.15, -0.1) is 0 Å². The lowest BCUT2D eigenvalue weighted by Crippen LogP contribution is -2.41. The van der Waals surface area contributed by atoms with Crippen molar-refractivity contribution in [3.63, 3.8) is 0 Å². The SMILES string of the molecule is CCCC1N=C2c3ccccc3N=C(SCC(=O)Nc3cccc(OC)c3)N2C1=O. The lowest BCUT2D eigenvalue weighted by atomic mass is 10.1. The van der Waals surface area contributed by atoms with Crippen LogP contribution >= 0.6 is 11.8 Å². The number of hydrogen-bond acceptors (Lipinski definition) is 6. The van der Waals surface area contributed by atoms with Gasteiger partial charge in [0.2, 0.25) is 5.91 Å². The van der Waals surface area contributed by atoms with Gasteiger partial charge < -0.3 is 10.1 Å². The minimum absolute atomic E-state index is 0.0826. The number of ether oxygens (including phenoxy) is 1. The van der Waals surface area contributed by atoms with Crippen LogP contribution in [-0.2, 0) is 9.59 Å². The van der Waals surface area contributed by atoms with Crippen molar-refractivity contribution in [1.29, 1.82) is 0 Å². The Balaban J connectivity index is 1.52. The van der Waals surface area contributed by atoms with Gasteiger partial charge in [0.25, 0.3) is 5.91 Å². The van der Waals surface area contributed by atoms with Crippen molar-refractivity contribution in [2.24, 2.45) is 9.98 Å². The van der Waals surface area contributed by atoms with Crippen LogP contribution in [0.3, 0.4) is 0 Å². The predicted octanol–water partition coefficient (Wildman–Crippen LogP) is 3.83. The van der Waals surface area contributed by atoms with Gasteiger partial charge in [0.1, 0.15) is 17.6 Å². The molecule has 2 aromatic carbocycles. The number of fused-ring (bicyclic) bond motifs is 3. The van der Waals surface area contributed by atoms with Gasteiger partial charge in [-0.1, -0.05) is 43.3 Å². The van der Waals surface area contributed by atoms with Crippen LogP contribution in [0.15, 0.2) is 58.5 Å². The van der Waals surface area contributed by atoms with Gasteiger partial charge in [-0.2, -0.15) is 0 Å². The van der Waals surface area contributed by atoms with Gasteiger partial charge in [-0.3, -0.25) is 14.6 Å². The highest BCUT2D eigenvalue weighted by Gasteiger charge is 2.40. The molecule has 154 valence electrons. The third-order valence-corrected chi connectivity index (χ3v) is 5.73. The van der Waals surface area contributed by atoms with Crippen molar-refractivity contribution in [3.05, 3.63) is 54.1 Å². The van der Waals surface area contributed by atoms with Crippen LogP contribution in [0.4, 0.5) is 11.4 Å². The van der Waals surface area contributed by atoms with E-state index < -0.39 is 6.04 Å². The molecule has 0 bridgehead atoms. The number of amides is 2. The maximum Gasteiger partial charge on any atom is 0.259 e. The van der Waals surface area contributed by atoms with Crippen LogP contribution in [0.25, 0.3) is 0 Å². The summed E-state index contributed by atoms with van der Waals surface area (Å²) < 4.78 is 5.18.